The van der Waals surface area contributed by atoms with Crippen LogP contribution in [0.3, 0.4) is 0 Å². The molecule has 5 nitrogen and oxygen atoms in total. The van der Waals surface area contributed by atoms with Crippen LogP contribution in [0.15, 0.2) is 0 Å². The third-order valence-corrected chi connectivity index (χ3v) is 3.16. The van der Waals surface area contributed by atoms with E-state index in [9.17, 15) is 4.79 Å². The second-order valence-corrected chi connectivity index (χ2v) is 4.35. The molecule has 16 heavy (non-hydrogen) atoms. The molecule has 1 amide bonds. The number of nitrogens with zero attached hydrogens (tertiary/aromatic N) is 1. The van der Waals surface area contributed by atoms with E-state index in [1.807, 2.05) is 13.8 Å². The van der Waals surface area contributed by atoms with E-state index in [0.717, 1.165) is 37.2 Å². The Hall–Kier alpha value is -1.36. The number of hydrogen-bond acceptors (Lipinski definition) is 3. The molecule has 1 saturated heterocycles. The zero-order valence-corrected chi connectivity index (χ0v) is 9.76. The first-order valence-electron chi connectivity index (χ1n) is 5.71. The van der Waals surface area contributed by atoms with Gasteiger partial charge in [-0.3, -0.25) is 9.89 Å². The number of carbonyl (C=O) groups is 1. The van der Waals surface area contributed by atoms with Crippen LogP contribution in [0.25, 0.3) is 0 Å². The summed E-state index contributed by atoms with van der Waals surface area (Å²) in [5.74, 6) is 0.806. The Kier molecular flexibility index (Phi) is 3.24. The number of hydrogen-bond donors (Lipinski definition) is 3. The standard InChI is InChI=1S/C11H18N4O/c1-7-8(2)14-15-10(7)13-11(16)9-4-3-5-12-6-9/h9,12H,3-6H2,1-2H3,(H2,13,14,15,16)/t9-/m1/s1. The minimum atomic E-state index is 0.0711. The Bertz CT molecular complexity index is 379. The lowest BCUT2D eigenvalue weighted by Crippen LogP contribution is -2.37. The van der Waals surface area contributed by atoms with Gasteiger partial charge in [0.25, 0.3) is 0 Å². The lowest BCUT2D eigenvalue weighted by atomic mass is 9.99. The van der Waals surface area contributed by atoms with E-state index < -0.39 is 0 Å². The minimum absolute atomic E-state index is 0.0711. The van der Waals surface area contributed by atoms with Gasteiger partial charge in [-0.2, -0.15) is 5.10 Å². The SMILES string of the molecule is Cc1[nH]nc(NC(=O)[C@@H]2CCCNC2)c1C. The van der Waals surface area contributed by atoms with Gasteiger partial charge in [-0.1, -0.05) is 0 Å². The molecule has 0 bridgehead atoms. The number of piperidine rings is 1. The molecule has 0 saturated carbocycles. The maximum absolute atomic E-state index is 11.9. The van der Waals surface area contributed by atoms with Gasteiger partial charge < -0.3 is 10.6 Å². The predicted octanol–water partition coefficient (Wildman–Crippen LogP) is 0.965. The van der Waals surface area contributed by atoms with Crippen LogP contribution in [-0.2, 0) is 4.79 Å². The van der Waals surface area contributed by atoms with Crippen LogP contribution in [-0.4, -0.2) is 29.2 Å². The number of carbonyl (C=O) groups excluding carboxylic acids is 1. The largest absolute Gasteiger partial charge is 0.316 e. The van der Waals surface area contributed by atoms with Crippen LogP contribution in [0.1, 0.15) is 24.1 Å². The van der Waals surface area contributed by atoms with Crippen LogP contribution >= 0.6 is 0 Å². The van der Waals surface area contributed by atoms with Crippen LogP contribution in [0.5, 0.6) is 0 Å². The van der Waals surface area contributed by atoms with Gasteiger partial charge in [0.05, 0.1) is 5.92 Å². The van der Waals surface area contributed by atoms with E-state index in [-0.39, 0.29) is 11.8 Å². The van der Waals surface area contributed by atoms with Crippen LogP contribution < -0.4 is 10.6 Å². The van der Waals surface area contributed by atoms with Crippen molar-refractivity contribution in [3.05, 3.63) is 11.3 Å². The first-order valence-corrected chi connectivity index (χ1v) is 5.71. The fourth-order valence-electron chi connectivity index (χ4n) is 1.90. The fourth-order valence-corrected chi connectivity index (χ4v) is 1.90. The Labute approximate surface area is 95.0 Å². The van der Waals surface area contributed by atoms with E-state index in [1.54, 1.807) is 0 Å². The summed E-state index contributed by atoms with van der Waals surface area (Å²) >= 11 is 0. The lowest BCUT2D eigenvalue weighted by Gasteiger charge is -2.21. The molecule has 1 atom stereocenters. The van der Waals surface area contributed by atoms with Gasteiger partial charge in [-0.05, 0) is 33.2 Å². The van der Waals surface area contributed by atoms with Crippen molar-refractivity contribution < 1.29 is 4.79 Å². The molecule has 0 spiro atoms. The molecular weight excluding hydrogens is 204 g/mol. The predicted molar refractivity (Wildman–Crippen MR) is 62.3 cm³/mol. The molecule has 1 aliphatic heterocycles. The molecule has 1 aliphatic rings. The average molecular weight is 222 g/mol. The average Bonchev–Trinajstić information content (AvgIpc) is 2.62. The highest BCUT2D eigenvalue weighted by molar-refractivity contribution is 5.92. The van der Waals surface area contributed by atoms with E-state index in [2.05, 4.69) is 20.8 Å². The second-order valence-electron chi connectivity index (χ2n) is 4.35. The zero-order chi connectivity index (χ0) is 11.5. The summed E-state index contributed by atoms with van der Waals surface area (Å²) in [6, 6.07) is 0. The molecule has 5 heteroatoms. The summed E-state index contributed by atoms with van der Waals surface area (Å²) < 4.78 is 0. The quantitative estimate of drug-likeness (QED) is 0.698. The number of amides is 1. The summed E-state index contributed by atoms with van der Waals surface area (Å²) in [6.07, 6.45) is 2.03. The van der Waals surface area contributed by atoms with Gasteiger partial charge in [0.2, 0.25) is 5.91 Å². The third-order valence-electron chi connectivity index (χ3n) is 3.16. The number of H-pyrrole nitrogens is 1. The number of rotatable bonds is 2. The van der Waals surface area contributed by atoms with Crippen molar-refractivity contribution in [1.82, 2.24) is 15.5 Å². The number of aryl methyl sites for hydroxylation is 1. The van der Waals surface area contributed by atoms with Crippen LogP contribution in [0.2, 0.25) is 0 Å². The molecule has 2 rings (SSSR count). The van der Waals surface area contributed by atoms with E-state index in [0.29, 0.717) is 5.82 Å². The molecule has 0 aliphatic carbocycles. The van der Waals surface area contributed by atoms with Crippen molar-refractivity contribution in [3.63, 3.8) is 0 Å². The fraction of sp³-hybridized carbons (Fsp3) is 0.636. The van der Waals surface area contributed by atoms with Crippen molar-refractivity contribution in [2.45, 2.75) is 26.7 Å². The highest BCUT2D eigenvalue weighted by Crippen LogP contribution is 2.17. The van der Waals surface area contributed by atoms with Gasteiger partial charge in [-0.15, -0.1) is 0 Å². The molecule has 1 fully saturated rings. The van der Waals surface area contributed by atoms with Crippen molar-refractivity contribution in [3.8, 4) is 0 Å². The van der Waals surface area contributed by atoms with Gasteiger partial charge in [0.15, 0.2) is 5.82 Å². The molecular formula is C11H18N4O. The molecule has 1 aromatic heterocycles. The van der Waals surface area contributed by atoms with E-state index in [4.69, 9.17) is 0 Å². The molecule has 88 valence electrons. The molecule has 3 N–H and O–H groups in total. The van der Waals surface area contributed by atoms with Gasteiger partial charge >= 0.3 is 0 Å². The summed E-state index contributed by atoms with van der Waals surface area (Å²) in [4.78, 5) is 11.9. The maximum atomic E-state index is 11.9. The third kappa shape index (κ3) is 2.24. The van der Waals surface area contributed by atoms with Crippen molar-refractivity contribution in [1.29, 1.82) is 0 Å². The Morgan fingerprint density at radius 2 is 2.31 bits per heavy atom. The molecule has 0 unspecified atom stereocenters. The monoisotopic (exact) mass is 222 g/mol. The Balaban J connectivity index is 1.98. The van der Waals surface area contributed by atoms with E-state index >= 15 is 0 Å². The minimum Gasteiger partial charge on any atom is -0.316 e. The highest BCUT2D eigenvalue weighted by atomic mass is 16.2. The first-order chi connectivity index (χ1) is 7.68. The van der Waals surface area contributed by atoms with Crippen molar-refractivity contribution in [2.24, 2.45) is 5.92 Å². The summed E-state index contributed by atoms with van der Waals surface area (Å²) in [6.45, 7) is 5.69. The van der Waals surface area contributed by atoms with Crippen LogP contribution in [0.4, 0.5) is 5.82 Å². The van der Waals surface area contributed by atoms with E-state index in [1.165, 1.54) is 0 Å². The summed E-state index contributed by atoms with van der Waals surface area (Å²) in [5, 5.41) is 13.0. The number of aromatic amines is 1. The number of aromatic nitrogens is 2. The topological polar surface area (TPSA) is 69.8 Å². The molecule has 2 heterocycles. The Morgan fingerprint density at radius 1 is 1.50 bits per heavy atom. The van der Waals surface area contributed by atoms with Crippen LogP contribution in [0, 0.1) is 19.8 Å². The lowest BCUT2D eigenvalue weighted by molar-refractivity contribution is -0.120. The van der Waals surface area contributed by atoms with Crippen molar-refractivity contribution >= 4 is 11.7 Å². The van der Waals surface area contributed by atoms with Gasteiger partial charge in [0.1, 0.15) is 0 Å². The second kappa shape index (κ2) is 4.65. The first kappa shape index (κ1) is 11.1. The molecule has 0 aromatic carbocycles. The van der Waals surface area contributed by atoms with Gasteiger partial charge in [-0.25, -0.2) is 0 Å². The molecule has 0 radical (unpaired) electrons. The number of anilines is 1. The Morgan fingerprint density at radius 3 is 2.88 bits per heavy atom. The summed E-state index contributed by atoms with van der Waals surface area (Å²) in [5.41, 5.74) is 2.01. The number of nitrogens with one attached hydrogen (secondary N) is 3. The zero-order valence-electron chi connectivity index (χ0n) is 9.76. The summed E-state index contributed by atoms with van der Waals surface area (Å²) in [7, 11) is 0. The smallest absolute Gasteiger partial charge is 0.229 e. The van der Waals surface area contributed by atoms with Crippen molar-refractivity contribution in [2.75, 3.05) is 18.4 Å². The maximum Gasteiger partial charge on any atom is 0.229 e. The highest BCUT2D eigenvalue weighted by Gasteiger charge is 2.22. The molecule has 1 aromatic rings. The van der Waals surface area contributed by atoms with Gasteiger partial charge in [0, 0.05) is 17.8 Å². The normalized spacial score (nSPS) is 20.8.